The first-order valence-electron chi connectivity index (χ1n) is 4.88. The zero-order chi connectivity index (χ0) is 10.7. The van der Waals surface area contributed by atoms with Crippen LogP contribution in [0.2, 0.25) is 5.15 Å². The van der Waals surface area contributed by atoms with Crippen LogP contribution in [0, 0.1) is 0 Å². The van der Waals surface area contributed by atoms with Gasteiger partial charge in [-0.2, -0.15) is 0 Å². The zero-order valence-corrected chi connectivity index (χ0v) is 9.70. The van der Waals surface area contributed by atoms with Crippen LogP contribution in [-0.4, -0.2) is 23.5 Å². The summed E-state index contributed by atoms with van der Waals surface area (Å²) >= 11 is 7.10. The Morgan fingerprint density at radius 2 is 2.47 bits per heavy atom. The highest BCUT2D eigenvalue weighted by molar-refractivity contribution is 7.14. The van der Waals surface area contributed by atoms with E-state index < -0.39 is 0 Å². The fraction of sp³-hybridized carbons (Fsp3) is 0.556. The predicted octanol–water partition coefficient (Wildman–Crippen LogP) is 1.88. The maximum Gasteiger partial charge on any atom is 0.221 e. The summed E-state index contributed by atoms with van der Waals surface area (Å²) in [4.78, 5) is 15.3. The molecule has 1 aromatic heterocycles. The first-order chi connectivity index (χ1) is 7.24. The highest BCUT2D eigenvalue weighted by atomic mass is 35.5. The minimum Gasteiger partial charge on any atom is -0.361 e. The largest absolute Gasteiger partial charge is 0.361 e. The van der Waals surface area contributed by atoms with Gasteiger partial charge >= 0.3 is 0 Å². The maximum atomic E-state index is 11.3. The molecule has 0 unspecified atom stereocenters. The van der Waals surface area contributed by atoms with Crippen LogP contribution < -0.4 is 10.6 Å². The number of carbonyl (C=O) groups is 1. The van der Waals surface area contributed by atoms with E-state index >= 15 is 0 Å². The number of nitrogens with one attached hydrogen (secondary N) is 2. The molecule has 6 heteroatoms. The molecule has 0 atom stereocenters. The lowest BCUT2D eigenvalue weighted by molar-refractivity contribution is -0.120. The van der Waals surface area contributed by atoms with E-state index in [1.54, 1.807) is 5.38 Å². The molecule has 1 aromatic rings. The number of hydrogen-bond acceptors (Lipinski definition) is 4. The summed E-state index contributed by atoms with van der Waals surface area (Å²) in [7, 11) is 0. The van der Waals surface area contributed by atoms with Crippen molar-refractivity contribution in [2.45, 2.75) is 25.3 Å². The third kappa shape index (κ3) is 3.68. The van der Waals surface area contributed by atoms with Gasteiger partial charge in [0.25, 0.3) is 0 Å². The normalized spacial score (nSPS) is 15.0. The van der Waals surface area contributed by atoms with Gasteiger partial charge in [0.1, 0.15) is 5.15 Å². The van der Waals surface area contributed by atoms with E-state index in [4.69, 9.17) is 11.6 Å². The minimum atomic E-state index is 0.104. The number of rotatable bonds is 5. The average Bonchev–Trinajstić information content (AvgIpc) is 2.89. The topological polar surface area (TPSA) is 54.0 Å². The van der Waals surface area contributed by atoms with Crippen LogP contribution in [0.3, 0.4) is 0 Å². The molecule has 1 aliphatic carbocycles. The summed E-state index contributed by atoms with van der Waals surface area (Å²) in [5.74, 6) is 0.104. The SMILES string of the molecule is O=C(CCNc1nc(Cl)cs1)NC1CC1. The van der Waals surface area contributed by atoms with Gasteiger partial charge in [-0.3, -0.25) is 4.79 Å². The van der Waals surface area contributed by atoms with E-state index in [1.807, 2.05) is 0 Å². The van der Waals surface area contributed by atoms with Crippen molar-refractivity contribution in [2.75, 3.05) is 11.9 Å². The fourth-order valence-electron chi connectivity index (χ4n) is 1.15. The fourth-order valence-corrected chi connectivity index (χ4v) is 2.01. The van der Waals surface area contributed by atoms with E-state index in [9.17, 15) is 4.79 Å². The van der Waals surface area contributed by atoms with E-state index in [0.717, 1.165) is 18.0 Å². The molecule has 2 N–H and O–H groups in total. The van der Waals surface area contributed by atoms with Crippen LogP contribution in [0.5, 0.6) is 0 Å². The molecule has 1 fully saturated rings. The summed E-state index contributed by atoms with van der Waals surface area (Å²) in [5.41, 5.74) is 0. The molecule has 4 nitrogen and oxygen atoms in total. The molecule has 2 rings (SSSR count). The molecule has 0 aromatic carbocycles. The van der Waals surface area contributed by atoms with Crippen LogP contribution in [0.25, 0.3) is 0 Å². The quantitative estimate of drug-likeness (QED) is 0.833. The Kier molecular flexibility index (Phi) is 3.43. The number of amides is 1. The first kappa shape index (κ1) is 10.7. The van der Waals surface area contributed by atoms with Crippen molar-refractivity contribution < 1.29 is 4.79 Å². The highest BCUT2D eigenvalue weighted by Gasteiger charge is 2.22. The van der Waals surface area contributed by atoms with Gasteiger partial charge in [0.15, 0.2) is 5.13 Å². The Bertz CT molecular complexity index is 351. The van der Waals surface area contributed by atoms with Gasteiger partial charge in [0.2, 0.25) is 5.91 Å². The van der Waals surface area contributed by atoms with Gasteiger partial charge in [0.05, 0.1) is 0 Å². The molecule has 1 heterocycles. The van der Waals surface area contributed by atoms with E-state index in [-0.39, 0.29) is 5.91 Å². The van der Waals surface area contributed by atoms with E-state index in [1.165, 1.54) is 11.3 Å². The van der Waals surface area contributed by atoms with Crippen LogP contribution in [-0.2, 0) is 4.79 Å². The third-order valence-corrected chi connectivity index (χ3v) is 3.17. The van der Waals surface area contributed by atoms with Gasteiger partial charge in [-0.15, -0.1) is 11.3 Å². The van der Waals surface area contributed by atoms with Crippen molar-refractivity contribution in [3.05, 3.63) is 10.5 Å². The van der Waals surface area contributed by atoms with Crippen molar-refractivity contribution in [3.63, 3.8) is 0 Å². The number of halogens is 1. The Hall–Kier alpha value is -0.810. The van der Waals surface area contributed by atoms with Crippen molar-refractivity contribution in [3.8, 4) is 0 Å². The Morgan fingerprint density at radius 3 is 3.07 bits per heavy atom. The van der Waals surface area contributed by atoms with E-state index in [2.05, 4.69) is 15.6 Å². The Morgan fingerprint density at radius 1 is 1.67 bits per heavy atom. The molecule has 1 saturated carbocycles. The lowest BCUT2D eigenvalue weighted by Gasteiger charge is -2.03. The van der Waals surface area contributed by atoms with Gasteiger partial charge in [-0.25, -0.2) is 4.98 Å². The van der Waals surface area contributed by atoms with Gasteiger partial charge in [-0.1, -0.05) is 11.6 Å². The summed E-state index contributed by atoms with van der Waals surface area (Å²) in [6.07, 6.45) is 2.73. The molecule has 82 valence electrons. The van der Waals surface area contributed by atoms with Crippen molar-refractivity contribution in [2.24, 2.45) is 0 Å². The zero-order valence-electron chi connectivity index (χ0n) is 8.12. The van der Waals surface area contributed by atoms with Gasteiger partial charge in [0, 0.05) is 24.4 Å². The van der Waals surface area contributed by atoms with Crippen LogP contribution in [0.1, 0.15) is 19.3 Å². The molecule has 0 bridgehead atoms. The standard InChI is InChI=1S/C9H12ClN3OS/c10-7-5-15-9(13-7)11-4-3-8(14)12-6-1-2-6/h5-6H,1-4H2,(H,11,13)(H,12,14). The third-order valence-electron chi connectivity index (χ3n) is 2.05. The smallest absolute Gasteiger partial charge is 0.221 e. The second kappa shape index (κ2) is 4.81. The summed E-state index contributed by atoms with van der Waals surface area (Å²) < 4.78 is 0. The van der Waals surface area contributed by atoms with Crippen molar-refractivity contribution >= 4 is 34.0 Å². The maximum absolute atomic E-state index is 11.3. The van der Waals surface area contributed by atoms with Gasteiger partial charge < -0.3 is 10.6 Å². The number of nitrogens with zero attached hydrogens (tertiary/aromatic N) is 1. The number of anilines is 1. The van der Waals surface area contributed by atoms with Gasteiger partial charge in [-0.05, 0) is 12.8 Å². The van der Waals surface area contributed by atoms with E-state index in [0.29, 0.717) is 24.2 Å². The molecule has 0 radical (unpaired) electrons. The van der Waals surface area contributed by atoms with Crippen molar-refractivity contribution in [1.29, 1.82) is 0 Å². The molecule has 1 amide bonds. The summed E-state index contributed by atoms with van der Waals surface area (Å²) in [5, 5.41) is 8.99. The monoisotopic (exact) mass is 245 g/mol. The van der Waals surface area contributed by atoms with Crippen LogP contribution in [0.4, 0.5) is 5.13 Å². The van der Waals surface area contributed by atoms with Crippen molar-refractivity contribution in [1.82, 2.24) is 10.3 Å². The molecule has 0 aliphatic heterocycles. The lowest BCUT2D eigenvalue weighted by Crippen LogP contribution is -2.27. The second-order valence-corrected chi connectivity index (χ2v) is 4.74. The molecule has 15 heavy (non-hydrogen) atoms. The van der Waals surface area contributed by atoms with Crippen LogP contribution >= 0.6 is 22.9 Å². The lowest BCUT2D eigenvalue weighted by atomic mass is 10.4. The molecular formula is C9H12ClN3OS. The predicted molar refractivity (Wildman–Crippen MR) is 61.4 cm³/mol. The Balaban J connectivity index is 1.63. The average molecular weight is 246 g/mol. The second-order valence-electron chi connectivity index (χ2n) is 3.49. The highest BCUT2D eigenvalue weighted by Crippen LogP contribution is 2.19. The molecule has 1 aliphatic rings. The first-order valence-corrected chi connectivity index (χ1v) is 6.14. The minimum absolute atomic E-state index is 0.104. The number of aromatic nitrogens is 1. The number of hydrogen-bond donors (Lipinski definition) is 2. The number of carbonyl (C=O) groups excluding carboxylic acids is 1. The van der Waals surface area contributed by atoms with Crippen LogP contribution in [0.15, 0.2) is 5.38 Å². The Labute approximate surface area is 97.0 Å². The molecule has 0 saturated heterocycles. The molecule has 0 spiro atoms. The summed E-state index contributed by atoms with van der Waals surface area (Å²) in [6.45, 7) is 0.600. The summed E-state index contributed by atoms with van der Waals surface area (Å²) in [6, 6.07) is 0.437. The molecular weight excluding hydrogens is 234 g/mol. The number of thiazole rings is 1.